The first-order valence-corrected chi connectivity index (χ1v) is 11.9. The van der Waals surface area contributed by atoms with Crippen molar-refractivity contribution in [3.63, 3.8) is 0 Å². The van der Waals surface area contributed by atoms with Crippen LogP contribution >= 0.6 is 0 Å². The summed E-state index contributed by atoms with van der Waals surface area (Å²) in [7, 11) is -3.84. The van der Waals surface area contributed by atoms with Gasteiger partial charge in [0.25, 0.3) is 10.0 Å². The zero-order valence-electron chi connectivity index (χ0n) is 17.0. The number of carbonyl (C=O) groups is 2. The molecule has 0 spiro atoms. The lowest BCUT2D eigenvalue weighted by Crippen LogP contribution is -2.38. The van der Waals surface area contributed by atoms with Crippen molar-refractivity contribution in [3.8, 4) is 0 Å². The van der Waals surface area contributed by atoms with Gasteiger partial charge >= 0.3 is 0 Å². The number of benzene rings is 1. The number of nitrogens with zero attached hydrogens (tertiary/aromatic N) is 3. The summed E-state index contributed by atoms with van der Waals surface area (Å²) < 4.78 is 27.2. The second-order valence-corrected chi connectivity index (χ2v) is 9.61. The maximum atomic E-state index is 12.7. The van der Waals surface area contributed by atoms with Crippen LogP contribution in [0.3, 0.4) is 0 Å². The third kappa shape index (κ3) is 5.01. The topological polar surface area (TPSA) is 121 Å². The molecule has 10 heteroatoms. The van der Waals surface area contributed by atoms with Gasteiger partial charge in [-0.2, -0.15) is 0 Å². The lowest BCUT2D eigenvalue weighted by Gasteiger charge is -2.31. The molecular formula is C21H25N5O4S. The Morgan fingerprint density at radius 2 is 1.71 bits per heavy atom. The van der Waals surface area contributed by atoms with Gasteiger partial charge in [-0.05, 0) is 43.2 Å². The Labute approximate surface area is 181 Å². The predicted molar refractivity (Wildman–Crippen MR) is 115 cm³/mol. The first kappa shape index (κ1) is 21.2. The van der Waals surface area contributed by atoms with Crippen LogP contribution in [0, 0.1) is 5.92 Å². The molecule has 2 aromatic rings. The molecule has 2 N–H and O–H groups in total. The molecule has 1 saturated heterocycles. The van der Waals surface area contributed by atoms with E-state index >= 15 is 0 Å². The Bertz CT molecular complexity index is 1040. The van der Waals surface area contributed by atoms with Gasteiger partial charge in [-0.15, -0.1) is 0 Å². The molecule has 2 fully saturated rings. The number of hydrogen-bond acceptors (Lipinski definition) is 6. The van der Waals surface area contributed by atoms with Crippen molar-refractivity contribution in [1.29, 1.82) is 0 Å². The van der Waals surface area contributed by atoms with Crippen molar-refractivity contribution in [1.82, 2.24) is 14.9 Å². The molecule has 1 aliphatic carbocycles. The largest absolute Gasteiger partial charge is 0.339 e. The smallest absolute Gasteiger partial charge is 0.264 e. The van der Waals surface area contributed by atoms with E-state index in [1.165, 1.54) is 43.1 Å². The molecule has 2 aliphatic rings. The van der Waals surface area contributed by atoms with E-state index in [1.54, 1.807) is 6.07 Å². The van der Waals surface area contributed by atoms with Crippen molar-refractivity contribution in [2.24, 2.45) is 5.92 Å². The van der Waals surface area contributed by atoms with Gasteiger partial charge in [0.1, 0.15) is 0 Å². The van der Waals surface area contributed by atoms with E-state index in [2.05, 4.69) is 20.0 Å². The second-order valence-electron chi connectivity index (χ2n) is 7.93. The number of carbonyl (C=O) groups excluding carboxylic acids is 2. The quantitative estimate of drug-likeness (QED) is 0.707. The highest BCUT2D eigenvalue weighted by atomic mass is 32.2. The highest BCUT2D eigenvalue weighted by Crippen LogP contribution is 2.29. The molecule has 0 radical (unpaired) electrons. The number of sulfonamides is 1. The highest BCUT2D eigenvalue weighted by Gasteiger charge is 2.38. The van der Waals surface area contributed by atoms with Gasteiger partial charge in [-0.3, -0.25) is 9.59 Å². The minimum atomic E-state index is -3.84. The number of amides is 2. The first-order chi connectivity index (χ1) is 14.9. The predicted octanol–water partition coefficient (Wildman–Crippen LogP) is 2.40. The maximum Gasteiger partial charge on any atom is 0.264 e. The summed E-state index contributed by atoms with van der Waals surface area (Å²) in [5, 5.41) is 2.80. The van der Waals surface area contributed by atoms with Crippen LogP contribution in [-0.4, -0.2) is 47.7 Å². The number of likely N-dealkylation sites (tertiary alicyclic amines) is 1. The Morgan fingerprint density at radius 3 is 2.39 bits per heavy atom. The summed E-state index contributed by atoms with van der Waals surface area (Å²) in [6, 6.07) is 7.68. The van der Waals surface area contributed by atoms with Gasteiger partial charge in [0.2, 0.25) is 17.8 Å². The average Bonchev–Trinajstić information content (AvgIpc) is 3.17. The normalized spacial score (nSPS) is 19.9. The van der Waals surface area contributed by atoms with Crippen LogP contribution in [0.1, 0.15) is 38.5 Å². The minimum absolute atomic E-state index is 0.0201. The summed E-state index contributed by atoms with van der Waals surface area (Å²) >= 11 is 0. The molecule has 1 saturated carbocycles. The van der Waals surface area contributed by atoms with E-state index in [4.69, 9.17) is 0 Å². The lowest BCUT2D eigenvalue weighted by molar-refractivity contribution is -0.130. The molecule has 1 atom stereocenters. The summed E-state index contributed by atoms with van der Waals surface area (Å²) in [5.74, 6) is -0.594. The van der Waals surface area contributed by atoms with Crippen molar-refractivity contribution in [3.05, 3.63) is 42.7 Å². The fourth-order valence-electron chi connectivity index (χ4n) is 4.15. The average molecular weight is 444 g/mol. The Balaban J connectivity index is 1.36. The molecule has 1 aliphatic heterocycles. The molecule has 9 nitrogen and oxygen atoms in total. The van der Waals surface area contributed by atoms with E-state index in [1.807, 2.05) is 4.90 Å². The molecule has 1 aromatic heterocycles. The maximum absolute atomic E-state index is 12.7. The van der Waals surface area contributed by atoms with E-state index in [0.29, 0.717) is 12.2 Å². The zero-order chi connectivity index (χ0) is 21.8. The number of nitrogens with one attached hydrogen (secondary N) is 2. The summed E-state index contributed by atoms with van der Waals surface area (Å²) in [5.41, 5.74) is 0.475. The van der Waals surface area contributed by atoms with Gasteiger partial charge in [0.05, 0.1) is 10.8 Å². The van der Waals surface area contributed by atoms with Gasteiger partial charge in [0.15, 0.2) is 0 Å². The van der Waals surface area contributed by atoms with Crippen LogP contribution in [0.5, 0.6) is 0 Å². The van der Waals surface area contributed by atoms with E-state index in [0.717, 1.165) is 25.7 Å². The van der Waals surface area contributed by atoms with Gasteiger partial charge in [0, 0.05) is 37.1 Å². The fourth-order valence-corrected chi connectivity index (χ4v) is 5.10. The number of hydrogen-bond donors (Lipinski definition) is 2. The summed E-state index contributed by atoms with van der Waals surface area (Å²) in [6.45, 7) is 0.447. The molecule has 2 heterocycles. The van der Waals surface area contributed by atoms with Gasteiger partial charge in [-0.25, -0.2) is 23.1 Å². The zero-order valence-corrected chi connectivity index (χ0v) is 17.8. The van der Waals surface area contributed by atoms with E-state index in [9.17, 15) is 18.0 Å². The Hall–Kier alpha value is -3.01. The minimum Gasteiger partial charge on any atom is -0.339 e. The number of aromatic nitrogens is 2. The van der Waals surface area contributed by atoms with Crippen molar-refractivity contribution < 1.29 is 18.0 Å². The van der Waals surface area contributed by atoms with Crippen LogP contribution in [0.15, 0.2) is 47.6 Å². The molecule has 31 heavy (non-hydrogen) atoms. The molecule has 0 bridgehead atoms. The molecule has 1 aromatic carbocycles. The van der Waals surface area contributed by atoms with Gasteiger partial charge < -0.3 is 10.2 Å². The van der Waals surface area contributed by atoms with Crippen LogP contribution < -0.4 is 10.0 Å². The molecule has 164 valence electrons. The van der Waals surface area contributed by atoms with Crippen LogP contribution in [0.25, 0.3) is 0 Å². The summed E-state index contributed by atoms with van der Waals surface area (Å²) in [6.07, 6.45) is 8.59. The Kier molecular flexibility index (Phi) is 6.17. The van der Waals surface area contributed by atoms with Crippen molar-refractivity contribution in [2.45, 2.75) is 49.5 Å². The molecule has 2 amide bonds. The van der Waals surface area contributed by atoms with Crippen molar-refractivity contribution >= 4 is 33.5 Å². The second kappa shape index (κ2) is 9.01. The number of anilines is 2. The fraction of sp³-hybridized carbons (Fsp3) is 0.429. The standard InChI is InChI=1S/C21H25N5O4S/c27-19-13-15(14-26(19)17-5-2-1-3-6-17)20(28)24-16-7-9-18(10-8-16)31(29,30)25-21-22-11-4-12-23-21/h4,7-12,15,17H,1-3,5-6,13-14H2,(H,24,28)(H,22,23,25)/t15-/m0/s1. The van der Waals surface area contributed by atoms with Crippen LogP contribution in [-0.2, 0) is 19.6 Å². The molecule has 0 unspecified atom stereocenters. The third-order valence-corrected chi connectivity index (χ3v) is 7.11. The van der Waals surface area contributed by atoms with Crippen molar-refractivity contribution in [2.75, 3.05) is 16.6 Å². The van der Waals surface area contributed by atoms with Crippen LogP contribution in [0.2, 0.25) is 0 Å². The van der Waals surface area contributed by atoms with Crippen LogP contribution in [0.4, 0.5) is 11.6 Å². The summed E-state index contributed by atoms with van der Waals surface area (Å²) in [4.78, 5) is 34.7. The number of rotatable bonds is 6. The monoisotopic (exact) mass is 443 g/mol. The Morgan fingerprint density at radius 1 is 1.03 bits per heavy atom. The SMILES string of the molecule is O=C(Nc1ccc(S(=O)(=O)Nc2ncccn2)cc1)[C@H]1CC(=O)N(C2CCCCC2)C1. The van der Waals surface area contributed by atoms with E-state index < -0.39 is 15.9 Å². The lowest BCUT2D eigenvalue weighted by atomic mass is 9.94. The van der Waals surface area contributed by atoms with Gasteiger partial charge in [-0.1, -0.05) is 19.3 Å². The van der Waals surface area contributed by atoms with E-state index in [-0.39, 0.29) is 35.1 Å². The highest BCUT2D eigenvalue weighted by molar-refractivity contribution is 7.92. The third-order valence-electron chi connectivity index (χ3n) is 5.77. The molecule has 4 rings (SSSR count). The molecular weight excluding hydrogens is 418 g/mol. The first-order valence-electron chi connectivity index (χ1n) is 10.4.